The Labute approximate surface area is 450 Å². The molecule has 390 valence electrons. The first-order valence-corrected chi connectivity index (χ1v) is 23.9. The van der Waals surface area contributed by atoms with Crippen molar-refractivity contribution in [2.45, 2.75) is 59.7 Å². The van der Waals surface area contributed by atoms with E-state index in [0.717, 1.165) is 56.5 Å². The second-order valence-electron chi connectivity index (χ2n) is 18.3. The Morgan fingerprint density at radius 2 is 0.921 bits per heavy atom. The van der Waals surface area contributed by atoms with Crippen LogP contribution in [0.25, 0.3) is 12.2 Å². The van der Waals surface area contributed by atoms with E-state index < -0.39 is 9.85 Å². The first-order valence-electron chi connectivity index (χ1n) is 23.5. The maximum Gasteiger partial charge on any atom is 0.269 e. The monoisotopic (exact) mass is 1060 g/mol. The summed E-state index contributed by atoms with van der Waals surface area (Å²) in [5, 5.41) is 34.7. The van der Waals surface area contributed by atoms with E-state index in [9.17, 15) is 25.0 Å². The summed E-state index contributed by atoms with van der Waals surface area (Å²) in [6.45, 7) is 14.1. The Hall–Kier alpha value is -9.01. The molecule has 2 aliphatic heterocycles. The maximum absolute atomic E-state index is 10.9. The minimum absolute atomic E-state index is 0. The van der Waals surface area contributed by atoms with Gasteiger partial charge in [-0.15, -0.1) is 0 Å². The van der Waals surface area contributed by atoms with E-state index in [0.29, 0.717) is 28.1 Å². The van der Waals surface area contributed by atoms with Crippen molar-refractivity contribution < 1.29 is 24.1 Å². The standard InChI is InChI=1S/C25H24N4O3.C18H17N3O3S.C8H7NO.C7H9N.H3P/c1-17-4-6-19(7-5-17)26-24(27-20-8-11-22(12-9-20)29(30)31)28-21-10-13-23-18(16-21)14-15-25(2,3)32-23;1-18(2)10-9-12-11-14(5-8-16(12)24-18)20-17(25)19-13-3-6-15(7-4-13)21(22)23;1-7-2-4-8(5-3-7)9-6-10;1-6-2-4-7(8)5-3-6;/h4-16H,1-3H3,(H2,26,27,28);3-11H,1-2H3,(H2,19,20,25);2-5H,1H3;2-5H,8H2,1H3;1H3. The maximum atomic E-state index is 10.9. The number of rotatable bonds is 8. The molecule has 0 spiro atoms. The van der Waals surface area contributed by atoms with Gasteiger partial charge >= 0.3 is 0 Å². The predicted octanol–water partition coefficient (Wildman–Crippen LogP) is 14.5. The van der Waals surface area contributed by atoms with Crippen LogP contribution in [0.1, 0.15) is 55.5 Å². The van der Waals surface area contributed by atoms with Gasteiger partial charge in [0.05, 0.1) is 21.2 Å². The van der Waals surface area contributed by atoms with Gasteiger partial charge in [-0.2, -0.15) is 14.9 Å². The number of nitrogen functional groups attached to an aromatic ring is 1. The van der Waals surface area contributed by atoms with Gasteiger partial charge in [-0.3, -0.25) is 20.2 Å². The summed E-state index contributed by atoms with van der Waals surface area (Å²) < 4.78 is 11.9. The smallest absolute Gasteiger partial charge is 0.269 e. The zero-order chi connectivity index (χ0) is 54.1. The summed E-state index contributed by atoms with van der Waals surface area (Å²) in [7, 11) is 0. The van der Waals surface area contributed by atoms with E-state index in [4.69, 9.17) is 27.4 Å². The SMILES string of the molecule is CC1(C)C=Cc2cc(NC(=S)Nc3ccc([N+](=O)[O-])cc3)ccc2O1.Cc1ccc(N)cc1.Cc1ccc(N=C=O)cc1.Cc1ccc(NC(=Nc2ccc([N+](=O)[O-])cc2)Nc2ccc3c(c2)C=CC(C)(C)O3)cc1.P. The summed E-state index contributed by atoms with van der Waals surface area (Å²) in [6.07, 6.45) is 9.58. The molecule has 6 N–H and O–H groups in total. The average molecular weight is 1060 g/mol. The number of nitro groups is 2. The molecule has 0 amide bonds. The Balaban J connectivity index is 0.000000213. The largest absolute Gasteiger partial charge is 0.483 e. The van der Waals surface area contributed by atoms with Gasteiger partial charge in [0, 0.05) is 63.8 Å². The molecule has 76 heavy (non-hydrogen) atoms. The molecule has 1 unspecified atom stereocenters. The lowest BCUT2D eigenvalue weighted by atomic mass is 10.0. The molecular formula is C58H60N9O7PS. The van der Waals surface area contributed by atoms with Crippen LogP contribution in [-0.4, -0.2) is 38.2 Å². The number of nitrogens with two attached hydrogens (primary N) is 1. The lowest BCUT2D eigenvalue weighted by Crippen LogP contribution is -2.27. The van der Waals surface area contributed by atoms with Crippen LogP contribution < -0.4 is 36.5 Å². The number of fused-ring (bicyclic) bond motifs is 2. The first-order chi connectivity index (χ1) is 35.7. The van der Waals surface area contributed by atoms with Crippen LogP contribution in [0.4, 0.5) is 51.2 Å². The summed E-state index contributed by atoms with van der Waals surface area (Å²) in [6, 6.07) is 46.8. The predicted molar refractivity (Wildman–Crippen MR) is 318 cm³/mol. The highest BCUT2D eigenvalue weighted by Gasteiger charge is 2.23. The van der Waals surface area contributed by atoms with E-state index in [-0.39, 0.29) is 32.5 Å². The highest BCUT2D eigenvalue weighted by molar-refractivity contribution is 7.80. The van der Waals surface area contributed by atoms with E-state index in [1.165, 1.54) is 35.9 Å². The number of isocyanates is 1. The number of nitrogens with zero attached hydrogens (tertiary/aromatic N) is 4. The summed E-state index contributed by atoms with van der Waals surface area (Å²) in [4.78, 5) is 38.6. The number of hydrogen-bond donors (Lipinski definition) is 5. The van der Waals surface area contributed by atoms with Crippen LogP contribution >= 0.6 is 22.1 Å². The average Bonchev–Trinajstić information content (AvgIpc) is 3.37. The molecule has 1 atom stereocenters. The van der Waals surface area contributed by atoms with E-state index in [1.54, 1.807) is 36.4 Å². The lowest BCUT2D eigenvalue weighted by Gasteiger charge is -2.28. The number of anilines is 5. The van der Waals surface area contributed by atoms with Crippen molar-refractivity contribution in [2.75, 3.05) is 27.0 Å². The number of non-ortho nitro benzene ring substituents is 2. The second kappa shape index (κ2) is 26.8. The molecule has 0 radical (unpaired) electrons. The van der Waals surface area contributed by atoms with E-state index in [1.807, 2.05) is 170 Å². The summed E-state index contributed by atoms with van der Waals surface area (Å²) in [5.74, 6) is 2.14. The third-order valence-electron chi connectivity index (χ3n) is 10.9. The highest BCUT2D eigenvalue weighted by atomic mass is 32.1. The second-order valence-corrected chi connectivity index (χ2v) is 18.7. The molecule has 0 saturated carbocycles. The Morgan fingerprint density at radius 1 is 0.553 bits per heavy atom. The number of ether oxygens (including phenoxy) is 2. The number of nitro benzene ring substituents is 2. The normalized spacial score (nSPS) is 12.8. The molecule has 0 aliphatic carbocycles. The molecule has 18 heteroatoms. The number of aliphatic imine (C=N–C) groups is 2. The van der Waals surface area contributed by atoms with Crippen molar-refractivity contribution >= 4 is 103 Å². The highest BCUT2D eigenvalue weighted by Crippen LogP contribution is 2.34. The van der Waals surface area contributed by atoms with Crippen LogP contribution in [0.2, 0.25) is 0 Å². The fourth-order valence-corrected chi connectivity index (χ4v) is 7.12. The van der Waals surface area contributed by atoms with Gasteiger partial charge in [0.25, 0.3) is 11.4 Å². The Morgan fingerprint density at radius 3 is 1.38 bits per heavy atom. The van der Waals surface area contributed by atoms with Crippen molar-refractivity contribution in [3.8, 4) is 11.5 Å². The van der Waals surface area contributed by atoms with Crippen molar-refractivity contribution in [1.82, 2.24) is 0 Å². The van der Waals surface area contributed by atoms with Crippen LogP contribution in [0, 0.1) is 41.0 Å². The van der Waals surface area contributed by atoms with Crippen molar-refractivity contribution in [3.63, 3.8) is 0 Å². The molecule has 2 heterocycles. The van der Waals surface area contributed by atoms with Crippen LogP contribution in [0.15, 0.2) is 180 Å². The lowest BCUT2D eigenvalue weighted by molar-refractivity contribution is -0.385. The van der Waals surface area contributed by atoms with Crippen molar-refractivity contribution in [3.05, 3.63) is 218 Å². The van der Waals surface area contributed by atoms with Gasteiger partial charge in [-0.05, 0) is 170 Å². The first kappa shape index (κ1) is 57.9. The fraction of sp³-hybridized carbons (Fsp3) is 0.155. The van der Waals surface area contributed by atoms with E-state index in [2.05, 4.69) is 31.3 Å². The number of aryl methyl sites for hydroxylation is 3. The Kier molecular flexibility index (Phi) is 20.4. The van der Waals surface area contributed by atoms with Crippen molar-refractivity contribution in [1.29, 1.82) is 0 Å². The fourth-order valence-electron chi connectivity index (χ4n) is 6.89. The van der Waals surface area contributed by atoms with Gasteiger partial charge in [0.1, 0.15) is 22.7 Å². The van der Waals surface area contributed by atoms with Gasteiger partial charge in [0.2, 0.25) is 12.0 Å². The quantitative estimate of drug-likeness (QED) is 0.0140. The van der Waals surface area contributed by atoms with Gasteiger partial charge in [-0.25, -0.2) is 9.79 Å². The number of guanidine groups is 1. The number of thiocarbonyl (C=S) groups is 1. The minimum Gasteiger partial charge on any atom is -0.483 e. The number of hydrogen-bond acceptors (Lipinski definition) is 11. The molecule has 7 aromatic rings. The third-order valence-corrected chi connectivity index (χ3v) is 11.1. The Bertz CT molecular complexity index is 3250. The van der Waals surface area contributed by atoms with Gasteiger partial charge in [-0.1, -0.05) is 65.2 Å². The zero-order valence-corrected chi connectivity index (χ0v) is 45.4. The number of carbonyl (C=O) groups excluding carboxylic acids is 1. The zero-order valence-electron chi connectivity index (χ0n) is 43.2. The molecular weight excluding hydrogens is 998 g/mol. The van der Waals surface area contributed by atoms with Gasteiger partial charge in [0.15, 0.2) is 5.11 Å². The number of benzene rings is 7. The minimum atomic E-state index is -0.440. The molecule has 9 rings (SSSR count). The molecule has 0 saturated heterocycles. The third kappa shape index (κ3) is 18.5. The molecule has 2 aliphatic rings. The van der Waals surface area contributed by atoms with Crippen molar-refractivity contribution in [2.24, 2.45) is 9.98 Å². The van der Waals surface area contributed by atoms with Crippen LogP contribution in [-0.2, 0) is 4.79 Å². The van der Waals surface area contributed by atoms with E-state index >= 15 is 0 Å². The summed E-state index contributed by atoms with van der Waals surface area (Å²) >= 11 is 5.29. The van der Waals surface area contributed by atoms with Crippen LogP contribution in [0.3, 0.4) is 0 Å². The molecule has 0 aromatic heterocycles. The molecule has 16 nitrogen and oxygen atoms in total. The number of nitrogens with one attached hydrogen (secondary N) is 4. The molecule has 0 fully saturated rings. The topological polar surface area (TPSA) is 221 Å². The molecule has 7 aromatic carbocycles. The van der Waals surface area contributed by atoms with Gasteiger partial charge < -0.3 is 36.5 Å². The van der Waals surface area contributed by atoms with Crippen LogP contribution in [0.5, 0.6) is 11.5 Å². The molecule has 0 bridgehead atoms. The summed E-state index contributed by atoms with van der Waals surface area (Å²) in [5.41, 5.74) is 15.6.